The van der Waals surface area contributed by atoms with Crippen LogP contribution in [0.4, 0.5) is 0 Å². The summed E-state index contributed by atoms with van der Waals surface area (Å²) in [5.41, 5.74) is 1.67. The van der Waals surface area contributed by atoms with Crippen molar-refractivity contribution in [3.63, 3.8) is 0 Å². The number of esters is 1. The average molecular weight is 238 g/mol. The van der Waals surface area contributed by atoms with E-state index in [1.807, 2.05) is 13.0 Å². The van der Waals surface area contributed by atoms with E-state index in [2.05, 4.69) is 0 Å². The van der Waals surface area contributed by atoms with Gasteiger partial charge in [-0.05, 0) is 32.4 Å². The van der Waals surface area contributed by atoms with Crippen LogP contribution in [0.25, 0.3) is 0 Å². The molecule has 1 rings (SSSR count). The molecule has 4 heteroatoms. The molecule has 94 valence electrons. The van der Waals surface area contributed by atoms with Gasteiger partial charge in [0.1, 0.15) is 5.75 Å². The van der Waals surface area contributed by atoms with E-state index >= 15 is 0 Å². The van der Waals surface area contributed by atoms with Gasteiger partial charge in [0, 0.05) is 5.56 Å². The Morgan fingerprint density at radius 3 is 2.76 bits per heavy atom. The molecule has 0 aromatic heterocycles. The van der Waals surface area contributed by atoms with Crippen LogP contribution in [0.1, 0.15) is 31.1 Å². The molecule has 4 nitrogen and oxygen atoms in total. The first-order valence-corrected chi connectivity index (χ1v) is 5.61. The molecule has 17 heavy (non-hydrogen) atoms. The fraction of sp³-hybridized carbons (Fsp3) is 0.462. The number of hydrogen-bond acceptors (Lipinski definition) is 4. The highest BCUT2D eigenvalue weighted by Gasteiger charge is 2.11. The highest BCUT2D eigenvalue weighted by molar-refractivity contribution is 5.71. The Labute approximate surface area is 101 Å². The van der Waals surface area contributed by atoms with Gasteiger partial charge in [0.2, 0.25) is 0 Å². The zero-order chi connectivity index (χ0) is 12.8. The van der Waals surface area contributed by atoms with Crippen molar-refractivity contribution in [1.82, 2.24) is 0 Å². The van der Waals surface area contributed by atoms with Crippen molar-refractivity contribution in [2.75, 3.05) is 13.2 Å². The maximum Gasteiger partial charge on any atom is 0.344 e. The van der Waals surface area contributed by atoms with Gasteiger partial charge in [0.15, 0.2) is 6.61 Å². The number of carbonyl (C=O) groups is 1. The highest BCUT2D eigenvalue weighted by Crippen LogP contribution is 2.26. The summed E-state index contributed by atoms with van der Waals surface area (Å²) in [7, 11) is 0. The highest BCUT2D eigenvalue weighted by atomic mass is 16.6. The third-order valence-corrected chi connectivity index (χ3v) is 2.27. The van der Waals surface area contributed by atoms with Gasteiger partial charge in [0.25, 0.3) is 0 Å². The van der Waals surface area contributed by atoms with Gasteiger partial charge >= 0.3 is 5.97 Å². The monoisotopic (exact) mass is 238 g/mol. The van der Waals surface area contributed by atoms with Gasteiger partial charge in [-0.2, -0.15) is 0 Å². The van der Waals surface area contributed by atoms with E-state index < -0.39 is 12.1 Å². The van der Waals surface area contributed by atoms with Crippen LogP contribution in [0.5, 0.6) is 5.75 Å². The lowest BCUT2D eigenvalue weighted by molar-refractivity contribution is -0.145. The van der Waals surface area contributed by atoms with E-state index in [9.17, 15) is 9.90 Å². The maximum atomic E-state index is 11.2. The molecule has 0 unspecified atom stereocenters. The predicted molar refractivity (Wildman–Crippen MR) is 63.9 cm³/mol. The second-order valence-corrected chi connectivity index (χ2v) is 3.81. The van der Waals surface area contributed by atoms with Gasteiger partial charge in [-0.25, -0.2) is 4.79 Å². The lowest BCUT2D eigenvalue weighted by Gasteiger charge is -2.13. The van der Waals surface area contributed by atoms with Gasteiger partial charge in [-0.1, -0.05) is 12.1 Å². The molecular formula is C13H18O4. The summed E-state index contributed by atoms with van der Waals surface area (Å²) in [5, 5.41) is 9.57. The standard InChI is InChI=1S/C13H18O4/c1-4-16-13(15)8-17-12-7-9(2)5-6-11(12)10(3)14/h5-7,10,14H,4,8H2,1-3H3/t10-/m0/s1. The molecule has 0 saturated heterocycles. The Hall–Kier alpha value is -1.55. The van der Waals surface area contributed by atoms with Crippen molar-refractivity contribution in [3.05, 3.63) is 29.3 Å². The third kappa shape index (κ3) is 4.07. The van der Waals surface area contributed by atoms with Gasteiger partial charge in [0.05, 0.1) is 12.7 Å². The van der Waals surface area contributed by atoms with Crippen LogP contribution in [0, 0.1) is 6.92 Å². The lowest BCUT2D eigenvalue weighted by Crippen LogP contribution is -2.15. The third-order valence-electron chi connectivity index (χ3n) is 2.27. The number of ether oxygens (including phenoxy) is 2. The molecule has 1 aromatic rings. The minimum Gasteiger partial charge on any atom is -0.482 e. The smallest absolute Gasteiger partial charge is 0.344 e. The second-order valence-electron chi connectivity index (χ2n) is 3.81. The van der Waals surface area contributed by atoms with Crippen molar-refractivity contribution < 1.29 is 19.4 Å². The molecule has 1 atom stereocenters. The van der Waals surface area contributed by atoms with Crippen LogP contribution < -0.4 is 4.74 Å². The molecule has 1 N–H and O–H groups in total. The number of carbonyl (C=O) groups excluding carboxylic acids is 1. The van der Waals surface area contributed by atoms with Gasteiger partial charge < -0.3 is 14.6 Å². The molecule has 0 radical (unpaired) electrons. The summed E-state index contributed by atoms with van der Waals surface area (Å²) < 4.78 is 10.1. The molecule has 0 fully saturated rings. The van der Waals surface area contributed by atoms with Crippen molar-refractivity contribution in [2.45, 2.75) is 26.9 Å². The molecule has 0 aliphatic heterocycles. The molecule has 0 saturated carbocycles. The first kappa shape index (κ1) is 13.5. The van der Waals surface area contributed by atoms with Crippen molar-refractivity contribution in [1.29, 1.82) is 0 Å². The van der Waals surface area contributed by atoms with Crippen LogP contribution in [0.15, 0.2) is 18.2 Å². The summed E-state index contributed by atoms with van der Waals surface area (Å²) in [6.45, 7) is 5.51. The zero-order valence-corrected chi connectivity index (χ0v) is 10.4. The number of benzene rings is 1. The summed E-state index contributed by atoms with van der Waals surface area (Å²) >= 11 is 0. The molecule has 0 aliphatic carbocycles. The van der Waals surface area contributed by atoms with Crippen molar-refractivity contribution in [2.24, 2.45) is 0 Å². The number of aryl methyl sites for hydroxylation is 1. The van der Waals surface area contributed by atoms with Gasteiger partial charge in [-0.15, -0.1) is 0 Å². The van der Waals surface area contributed by atoms with Crippen LogP contribution in [0.2, 0.25) is 0 Å². The fourth-order valence-corrected chi connectivity index (χ4v) is 1.45. The minimum atomic E-state index is -0.632. The minimum absolute atomic E-state index is 0.142. The summed E-state index contributed by atoms with van der Waals surface area (Å²) in [5.74, 6) is 0.110. The van der Waals surface area contributed by atoms with Crippen LogP contribution in [-0.2, 0) is 9.53 Å². The van der Waals surface area contributed by atoms with Crippen LogP contribution >= 0.6 is 0 Å². The van der Waals surface area contributed by atoms with E-state index in [0.717, 1.165) is 5.56 Å². The van der Waals surface area contributed by atoms with E-state index in [1.165, 1.54) is 0 Å². The zero-order valence-electron chi connectivity index (χ0n) is 10.4. The van der Waals surface area contributed by atoms with E-state index in [4.69, 9.17) is 9.47 Å². The summed E-state index contributed by atoms with van der Waals surface area (Å²) in [6, 6.07) is 5.47. The van der Waals surface area contributed by atoms with E-state index in [0.29, 0.717) is 17.9 Å². The molecule has 0 bridgehead atoms. The summed E-state index contributed by atoms with van der Waals surface area (Å²) in [4.78, 5) is 11.2. The molecule has 1 aromatic carbocycles. The average Bonchev–Trinajstić information content (AvgIpc) is 2.26. The molecule has 0 spiro atoms. The van der Waals surface area contributed by atoms with Crippen molar-refractivity contribution in [3.8, 4) is 5.75 Å². The first-order chi connectivity index (χ1) is 8.04. The Bertz CT molecular complexity index is 385. The largest absolute Gasteiger partial charge is 0.482 e. The van der Waals surface area contributed by atoms with Crippen molar-refractivity contribution >= 4 is 5.97 Å². The molecular weight excluding hydrogens is 220 g/mol. The Balaban J connectivity index is 2.75. The quantitative estimate of drug-likeness (QED) is 0.797. The van der Waals surface area contributed by atoms with Crippen LogP contribution in [0.3, 0.4) is 0 Å². The Kier molecular flexibility index (Phi) is 4.97. The molecule has 0 aliphatic rings. The molecule has 0 amide bonds. The predicted octanol–water partition coefficient (Wildman–Crippen LogP) is 1.99. The summed E-state index contributed by atoms with van der Waals surface area (Å²) in [6.07, 6.45) is -0.632. The topological polar surface area (TPSA) is 55.8 Å². The number of hydrogen-bond donors (Lipinski definition) is 1. The van der Waals surface area contributed by atoms with Crippen LogP contribution in [-0.4, -0.2) is 24.3 Å². The number of aliphatic hydroxyl groups excluding tert-OH is 1. The number of rotatable bonds is 5. The maximum absolute atomic E-state index is 11.2. The fourth-order valence-electron chi connectivity index (χ4n) is 1.45. The number of aliphatic hydroxyl groups is 1. The lowest BCUT2D eigenvalue weighted by atomic mass is 10.1. The SMILES string of the molecule is CCOC(=O)COc1cc(C)ccc1[C@H](C)O. The second kappa shape index (κ2) is 6.25. The Morgan fingerprint density at radius 1 is 1.47 bits per heavy atom. The van der Waals surface area contributed by atoms with E-state index in [1.54, 1.807) is 26.0 Å². The van der Waals surface area contributed by atoms with Gasteiger partial charge in [-0.3, -0.25) is 0 Å². The molecule has 0 heterocycles. The normalized spacial score (nSPS) is 12.0. The Morgan fingerprint density at radius 2 is 2.18 bits per heavy atom. The van der Waals surface area contributed by atoms with E-state index in [-0.39, 0.29) is 6.61 Å². The first-order valence-electron chi connectivity index (χ1n) is 5.61.